The number of carbonyl (C=O) groups is 3. The first kappa shape index (κ1) is 60.4. The van der Waals surface area contributed by atoms with Crippen molar-refractivity contribution in [1.29, 1.82) is 0 Å². The molecule has 0 saturated carbocycles. The van der Waals surface area contributed by atoms with Gasteiger partial charge < -0.3 is 14.2 Å². The molecular formula is C56H108O6. The molecule has 0 amide bonds. The van der Waals surface area contributed by atoms with Gasteiger partial charge in [-0.1, -0.05) is 266 Å². The molecule has 3 unspecified atom stereocenters. The summed E-state index contributed by atoms with van der Waals surface area (Å²) in [5.41, 5.74) is 0. The van der Waals surface area contributed by atoms with Gasteiger partial charge in [0.2, 0.25) is 0 Å². The van der Waals surface area contributed by atoms with Gasteiger partial charge in [0, 0.05) is 19.3 Å². The highest BCUT2D eigenvalue weighted by atomic mass is 16.6. The van der Waals surface area contributed by atoms with Crippen LogP contribution >= 0.6 is 0 Å². The molecule has 0 N–H and O–H groups in total. The van der Waals surface area contributed by atoms with Crippen LogP contribution in [0.2, 0.25) is 0 Å². The maximum Gasteiger partial charge on any atom is 0.306 e. The highest BCUT2D eigenvalue weighted by Crippen LogP contribution is 2.19. The quantitative estimate of drug-likeness (QED) is 0.0344. The van der Waals surface area contributed by atoms with Crippen LogP contribution in [0.25, 0.3) is 0 Å². The van der Waals surface area contributed by atoms with Crippen molar-refractivity contribution in [3.05, 3.63) is 0 Å². The number of esters is 3. The molecule has 0 bridgehead atoms. The highest BCUT2D eigenvalue weighted by molar-refractivity contribution is 5.71. The largest absolute Gasteiger partial charge is 0.462 e. The lowest BCUT2D eigenvalue weighted by molar-refractivity contribution is -0.167. The number of hydrogen-bond donors (Lipinski definition) is 0. The van der Waals surface area contributed by atoms with E-state index in [0.29, 0.717) is 19.3 Å². The van der Waals surface area contributed by atoms with Crippen molar-refractivity contribution in [2.45, 2.75) is 311 Å². The SMILES string of the molecule is CCC(C)CCCCCCCCCCCCCCCCC(=O)OC[C@H](COC(=O)CCCCCCCCCCCCC(C)CC)OC(=O)CCCCCCCCCCC(C)CC. The van der Waals surface area contributed by atoms with Gasteiger partial charge in [-0.2, -0.15) is 0 Å². The van der Waals surface area contributed by atoms with E-state index in [1.807, 2.05) is 0 Å². The average molecular weight is 877 g/mol. The minimum Gasteiger partial charge on any atom is -0.462 e. The zero-order chi connectivity index (χ0) is 45.6. The topological polar surface area (TPSA) is 78.9 Å². The molecule has 0 aliphatic carbocycles. The minimum atomic E-state index is -0.764. The summed E-state index contributed by atoms with van der Waals surface area (Å²) in [6.07, 6.45) is 47.9. The summed E-state index contributed by atoms with van der Waals surface area (Å²) in [6.45, 7) is 13.8. The molecule has 62 heavy (non-hydrogen) atoms. The van der Waals surface area contributed by atoms with E-state index in [0.717, 1.165) is 75.5 Å². The van der Waals surface area contributed by atoms with E-state index >= 15 is 0 Å². The Labute approximate surface area is 387 Å². The van der Waals surface area contributed by atoms with Crippen molar-refractivity contribution in [3.8, 4) is 0 Å². The first-order chi connectivity index (χ1) is 30.2. The molecular weight excluding hydrogens is 769 g/mol. The number of unbranched alkanes of at least 4 members (excludes halogenated alkanes) is 29. The summed E-state index contributed by atoms with van der Waals surface area (Å²) in [4.78, 5) is 38.0. The lowest BCUT2D eigenvalue weighted by Crippen LogP contribution is -2.30. The Morgan fingerprint density at radius 3 is 0.758 bits per heavy atom. The molecule has 0 fully saturated rings. The Kier molecular flexibility index (Phi) is 46.2. The van der Waals surface area contributed by atoms with Gasteiger partial charge in [0.15, 0.2) is 6.10 Å². The van der Waals surface area contributed by atoms with Crippen LogP contribution in [0.1, 0.15) is 305 Å². The Morgan fingerprint density at radius 2 is 0.516 bits per heavy atom. The van der Waals surface area contributed by atoms with Crippen LogP contribution in [-0.2, 0) is 28.6 Å². The van der Waals surface area contributed by atoms with Crippen molar-refractivity contribution in [2.24, 2.45) is 17.8 Å². The standard InChI is InChI=1S/C56H108O6/c1-7-50(4)42-36-30-24-18-14-12-10-11-13-15-20-27-33-39-45-54(57)60-48-53(62-56(59)47-41-35-29-23-22-26-32-38-44-52(6)9-3)49-61-55(58)46-40-34-28-21-17-16-19-25-31-37-43-51(5)8-2/h50-53H,7-49H2,1-6H3/t50?,51?,52?,53-/m1/s1. The zero-order valence-corrected chi connectivity index (χ0v) is 42.7. The molecule has 0 radical (unpaired) electrons. The summed E-state index contributed by atoms with van der Waals surface area (Å²) in [5, 5.41) is 0. The van der Waals surface area contributed by atoms with Crippen molar-refractivity contribution < 1.29 is 28.6 Å². The molecule has 0 aromatic heterocycles. The molecule has 6 nitrogen and oxygen atoms in total. The van der Waals surface area contributed by atoms with Gasteiger partial charge in [0.25, 0.3) is 0 Å². The molecule has 0 rings (SSSR count). The molecule has 0 saturated heterocycles. The zero-order valence-electron chi connectivity index (χ0n) is 42.7. The fraction of sp³-hybridized carbons (Fsp3) is 0.946. The molecule has 0 aromatic rings. The van der Waals surface area contributed by atoms with E-state index in [1.165, 1.54) is 186 Å². The van der Waals surface area contributed by atoms with Crippen molar-refractivity contribution in [2.75, 3.05) is 13.2 Å². The molecule has 0 heterocycles. The maximum absolute atomic E-state index is 12.8. The molecule has 4 atom stereocenters. The predicted octanol–water partition coefficient (Wildman–Crippen LogP) is 17.9. The summed E-state index contributed by atoms with van der Waals surface area (Å²) in [6, 6.07) is 0. The van der Waals surface area contributed by atoms with Crippen LogP contribution in [0.15, 0.2) is 0 Å². The Balaban J connectivity index is 4.30. The van der Waals surface area contributed by atoms with Gasteiger partial charge >= 0.3 is 17.9 Å². The van der Waals surface area contributed by atoms with Gasteiger partial charge in [-0.25, -0.2) is 0 Å². The van der Waals surface area contributed by atoms with E-state index < -0.39 is 6.10 Å². The molecule has 6 heteroatoms. The third kappa shape index (κ3) is 45.0. The summed E-state index contributed by atoms with van der Waals surface area (Å²) >= 11 is 0. The lowest BCUT2D eigenvalue weighted by atomic mass is 9.99. The summed E-state index contributed by atoms with van der Waals surface area (Å²) < 4.78 is 16.9. The predicted molar refractivity (Wildman–Crippen MR) is 266 cm³/mol. The Hall–Kier alpha value is -1.59. The van der Waals surface area contributed by atoms with Crippen LogP contribution in [0.5, 0.6) is 0 Å². The van der Waals surface area contributed by atoms with Crippen molar-refractivity contribution in [1.82, 2.24) is 0 Å². The minimum absolute atomic E-state index is 0.0645. The van der Waals surface area contributed by atoms with Crippen LogP contribution in [-0.4, -0.2) is 37.2 Å². The molecule has 0 aliphatic heterocycles. The van der Waals surface area contributed by atoms with Crippen molar-refractivity contribution >= 4 is 17.9 Å². The third-order valence-corrected chi connectivity index (χ3v) is 13.7. The highest BCUT2D eigenvalue weighted by Gasteiger charge is 2.19. The van der Waals surface area contributed by atoms with E-state index in [9.17, 15) is 14.4 Å². The van der Waals surface area contributed by atoms with Crippen LogP contribution in [0.3, 0.4) is 0 Å². The summed E-state index contributed by atoms with van der Waals surface area (Å²) in [7, 11) is 0. The van der Waals surface area contributed by atoms with E-state index in [2.05, 4.69) is 41.5 Å². The Bertz CT molecular complexity index is 966. The second-order valence-electron chi connectivity index (χ2n) is 19.9. The normalized spacial score (nSPS) is 13.5. The van der Waals surface area contributed by atoms with Crippen molar-refractivity contribution in [3.63, 3.8) is 0 Å². The lowest BCUT2D eigenvalue weighted by Gasteiger charge is -2.18. The van der Waals surface area contributed by atoms with Crippen LogP contribution in [0, 0.1) is 17.8 Å². The average Bonchev–Trinajstić information content (AvgIpc) is 3.27. The molecule has 0 spiro atoms. The van der Waals surface area contributed by atoms with Crippen LogP contribution < -0.4 is 0 Å². The van der Waals surface area contributed by atoms with E-state index in [1.54, 1.807) is 0 Å². The molecule has 0 aliphatic rings. The first-order valence-electron chi connectivity index (χ1n) is 27.7. The van der Waals surface area contributed by atoms with Gasteiger partial charge in [-0.05, 0) is 37.0 Å². The monoisotopic (exact) mass is 877 g/mol. The smallest absolute Gasteiger partial charge is 0.306 e. The maximum atomic E-state index is 12.8. The summed E-state index contributed by atoms with van der Waals surface area (Å²) in [5.74, 6) is 1.76. The fourth-order valence-electron chi connectivity index (χ4n) is 8.37. The number of carbonyl (C=O) groups excluding carboxylic acids is 3. The van der Waals surface area contributed by atoms with Gasteiger partial charge in [0.1, 0.15) is 13.2 Å². The van der Waals surface area contributed by atoms with E-state index in [-0.39, 0.29) is 31.1 Å². The second kappa shape index (κ2) is 47.4. The Morgan fingerprint density at radius 1 is 0.306 bits per heavy atom. The number of hydrogen-bond acceptors (Lipinski definition) is 6. The number of ether oxygens (including phenoxy) is 3. The molecule has 368 valence electrons. The second-order valence-corrected chi connectivity index (χ2v) is 19.9. The van der Waals surface area contributed by atoms with Crippen LogP contribution in [0.4, 0.5) is 0 Å². The van der Waals surface area contributed by atoms with Gasteiger partial charge in [-0.3, -0.25) is 14.4 Å². The van der Waals surface area contributed by atoms with E-state index in [4.69, 9.17) is 14.2 Å². The number of rotatable bonds is 49. The fourth-order valence-corrected chi connectivity index (χ4v) is 8.37. The first-order valence-corrected chi connectivity index (χ1v) is 27.7. The van der Waals surface area contributed by atoms with Gasteiger partial charge in [0.05, 0.1) is 0 Å². The molecule has 0 aromatic carbocycles. The third-order valence-electron chi connectivity index (χ3n) is 13.7. The van der Waals surface area contributed by atoms with Gasteiger partial charge in [-0.15, -0.1) is 0 Å².